The number of nitrogens with one attached hydrogen (secondary N) is 1. The molecule has 4 amide bonds. The Morgan fingerprint density at radius 2 is 1.71 bits per heavy atom. The maximum atomic E-state index is 13.2. The van der Waals surface area contributed by atoms with Gasteiger partial charge < -0.3 is 15.0 Å². The Morgan fingerprint density at radius 3 is 2.29 bits per heavy atom. The van der Waals surface area contributed by atoms with Crippen molar-refractivity contribution in [1.29, 1.82) is 0 Å². The molecule has 7 heteroatoms. The minimum atomic E-state index is -0.828. The van der Waals surface area contributed by atoms with E-state index in [1.54, 1.807) is 43.5 Å². The van der Waals surface area contributed by atoms with Gasteiger partial charge in [0.15, 0.2) is 0 Å². The lowest BCUT2D eigenvalue weighted by Gasteiger charge is -2.22. The van der Waals surface area contributed by atoms with E-state index in [2.05, 4.69) is 19.2 Å². The van der Waals surface area contributed by atoms with Crippen molar-refractivity contribution in [2.75, 3.05) is 23.9 Å². The molecule has 0 aromatic heterocycles. The van der Waals surface area contributed by atoms with E-state index in [0.717, 1.165) is 12.0 Å². The van der Waals surface area contributed by atoms with Gasteiger partial charge in [0, 0.05) is 12.2 Å². The van der Waals surface area contributed by atoms with Crippen molar-refractivity contribution in [3.8, 4) is 5.75 Å². The largest absolute Gasteiger partial charge is 0.497 e. The zero-order valence-corrected chi connectivity index (χ0v) is 18.4. The first-order valence-electron chi connectivity index (χ1n) is 10.4. The van der Waals surface area contributed by atoms with Crippen molar-refractivity contribution >= 4 is 29.2 Å². The van der Waals surface area contributed by atoms with E-state index in [9.17, 15) is 14.4 Å². The summed E-state index contributed by atoms with van der Waals surface area (Å²) in [5.74, 6) is 0.354. The predicted octanol–water partition coefficient (Wildman–Crippen LogP) is 4.22. The van der Waals surface area contributed by atoms with E-state index >= 15 is 0 Å². The third-order valence-corrected chi connectivity index (χ3v) is 5.31. The molecule has 2 aromatic carbocycles. The summed E-state index contributed by atoms with van der Waals surface area (Å²) < 4.78 is 5.12. The van der Waals surface area contributed by atoms with Gasteiger partial charge in [-0.2, -0.15) is 0 Å². The summed E-state index contributed by atoms with van der Waals surface area (Å²) in [6, 6.07) is 13.0. The van der Waals surface area contributed by atoms with Gasteiger partial charge in [-0.3, -0.25) is 9.59 Å². The van der Waals surface area contributed by atoms with Gasteiger partial charge in [-0.1, -0.05) is 31.5 Å². The lowest BCUT2D eigenvalue weighted by Crippen LogP contribution is -2.39. The molecule has 1 heterocycles. The summed E-state index contributed by atoms with van der Waals surface area (Å²) in [6.45, 7) is 6.49. The molecule has 1 aliphatic rings. The molecule has 0 radical (unpaired) electrons. The number of nitrogens with zero attached hydrogens (tertiary/aromatic N) is 2. The van der Waals surface area contributed by atoms with Crippen LogP contribution in [-0.2, 0) is 9.59 Å². The molecule has 3 rings (SSSR count). The van der Waals surface area contributed by atoms with Gasteiger partial charge in [-0.05, 0) is 55.7 Å². The van der Waals surface area contributed by atoms with Crippen LogP contribution in [0.3, 0.4) is 0 Å². The standard InChI is InChI=1S/C24H29N3O4/c1-16(2)13-14-26-21(15-22(28)25-18-7-11-20(31-4)12-8-18)23(29)27(24(26)30)19-9-5-17(3)6-10-19/h5-12,16,21H,13-15H2,1-4H3,(H,25,28). The molecule has 1 unspecified atom stereocenters. The number of hydrogen-bond donors (Lipinski definition) is 1. The number of imide groups is 1. The Hall–Kier alpha value is -3.35. The second kappa shape index (κ2) is 9.64. The number of urea groups is 1. The molecular weight excluding hydrogens is 394 g/mol. The molecule has 2 aromatic rings. The van der Waals surface area contributed by atoms with Crippen molar-refractivity contribution in [3.63, 3.8) is 0 Å². The zero-order valence-electron chi connectivity index (χ0n) is 18.4. The number of carbonyl (C=O) groups is 3. The highest BCUT2D eigenvalue weighted by atomic mass is 16.5. The fourth-order valence-corrected chi connectivity index (χ4v) is 3.48. The average Bonchev–Trinajstić information content (AvgIpc) is 2.97. The van der Waals surface area contributed by atoms with Crippen LogP contribution >= 0.6 is 0 Å². The van der Waals surface area contributed by atoms with E-state index in [4.69, 9.17) is 4.74 Å². The highest BCUT2D eigenvalue weighted by Gasteiger charge is 2.46. The average molecular weight is 424 g/mol. The van der Waals surface area contributed by atoms with Gasteiger partial charge in [0.1, 0.15) is 11.8 Å². The minimum absolute atomic E-state index is 0.100. The Bertz CT molecular complexity index is 938. The van der Waals surface area contributed by atoms with E-state index < -0.39 is 6.04 Å². The maximum absolute atomic E-state index is 13.2. The van der Waals surface area contributed by atoms with Crippen molar-refractivity contribution < 1.29 is 19.1 Å². The summed E-state index contributed by atoms with van der Waals surface area (Å²) >= 11 is 0. The monoisotopic (exact) mass is 423 g/mol. The van der Waals surface area contributed by atoms with Crippen molar-refractivity contribution in [2.45, 2.75) is 39.7 Å². The number of anilines is 2. The Balaban J connectivity index is 1.78. The molecule has 1 atom stereocenters. The Kier molecular flexibility index (Phi) is 6.95. The number of amides is 4. The molecule has 0 saturated carbocycles. The predicted molar refractivity (Wildman–Crippen MR) is 120 cm³/mol. The molecule has 0 spiro atoms. The van der Waals surface area contributed by atoms with Crippen LogP contribution in [0.25, 0.3) is 0 Å². The van der Waals surface area contributed by atoms with E-state index in [0.29, 0.717) is 29.6 Å². The molecule has 1 fully saturated rings. The summed E-state index contributed by atoms with van der Waals surface area (Å²) in [4.78, 5) is 41.7. The number of benzene rings is 2. The highest BCUT2D eigenvalue weighted by molar-refractivity contribution is 6.22. The van der Waals surface area contributed by atoms with Crippen LogP contribution < -0.4 is 15.0 Å². The second-order valence-electron chi connectivity index (χ2n) is 8.16. The van der Waals surface area contributed by atoms with Crippen LogP contribution in [0.4, 0.5) is 16.2 Å². The second-order valence-corrected chi connectivity index (χ2v) is 8.16. The van der Waals surface area contributed by atoms with E-state index in [-0.39, 0.29) is 24.3 Å². The van der Waals surface area contributed by atoms with Crippen molar-refractivity contribution in [3.05, 3.63) is 54.1 Å². The number of aryl methyl sites for hydroxylation is 1. The normalized spacial score (nSPS) is 16.2. The first kappa shape index (κ1) is 22.3. The van der Waals surface area contributed by atoms with E-state index in [1.165, 1.54) is 9.80 Å². The quantitative estimate of drug-likeness (QED) is 0.645. The number of methoxy groups -OCH3 is 1. The number of rotatable bonds is 8. The Labute approximate surface area is 183 Å². The smallest absolute Gasteiger partial charge is 0.332 e. The van der Waals surface area contributed by atoms with Crippen LogP contribution in [-0.4, -0.2) is 42.4 Å². The van der Waals surface area contributed by atoms with Gasteiger partial charge in [-0.15, -0.1) is 0 Å². The zero-order chi connectivity index (χ0) is 22.5. The number of carbonyl (C=O) groups excluding carboxylic acids is 3. The van der Waals surface area contributed by atoms with Crippen molar-refractivity contribution in [1.82, 2.24) is 4.90 Å². The van der Waals surface area contributed by atoms with Gasteiger partial charge in [0.05, 0.1) is 19.2 Å². The fourth-order valence-electron chi connectivity index (χ4n) is 3.48. The molecule has 0 bridgehead atoms. The van der Waals surface area contributed by atoms with Gasteiger partial charge in [0.2, 0.25) is 5.91 Å². The summed E-state index contributed by atoms with van der Waals surface area (Å²) in [5.41, 5.74) is 2.16. The SMILES string of the molecule is COc1ccc(NC(=O)CC2C(=O)N(c3ccc(C)cc3)C(=O)N2CCC(C)C)cc1. The van der Waals surface area contributed by atoms with Crippen LogP contribution in [0.5, 0.6) is 5.75 Å². The van der Waals surface area contributed by atoms with Gasteiger partial charge in [-0.25, -0.2) is 9.69 Å². The molecule has 7 nitrogen and oxygen atoms in total. The molecule has 164 valence electrons. The molecule has 31 heavy (non-hydrogen) atoms. The number of hydrogen-bond acceptors (Lipinski definition) is 4. The molecule has 1 aliphatic heterocycles. The summed E-state index contributed by atoms with van der Waals surface area (Å²) in [6.07, 6.45) is 0.647. The van der Waals surface area contributed by atoms with E-state index in [1.807, 2.05) is 19.1 Å². The lowest BCUT2D eigenvalue weighted by atomic mass is 10.1. The molecule has 1 N–H and O–H groups in total. The molecule has 0 aliphatic carbocycles. The minimum Gasteiger partial charge on any atom is -0.497 e. The molecule has 1 saturated heterocycles. The highest BCUT2D eigenvalue weighted by Crippen LogP contribution is 2.28. The lowest BCUT2D eigenvalue weighted by molar-refractivity contribution is -0.124. The number of ether oxygens (including phenoxy) is 1. The topological polar surface area (TPSA) is 79.0 Å². The third-order valence-electron chi connectivity index (χ3n) is 5.31. The first-order valence-corrected chi connectivity index (χ1v) is 10.4. The van der Waals surface area contributed by atoms with Gasteiger partial charge >= 0.3 is 6.03 Å². The van der Waals surface area contributed by atoms with Crippen molar-refractivity contribution in [2.24, 2.45) is 5.92 Å². The molecular formula is C24H29N3O4. The maximum Gasteiger partial charge on any atom is 0.332 e. The van der Waals surface area contributed by atoms with Gasteiger partial charge in [0.25, 0.3) is 5.91 Å². The summed E-state index contributed by atoms with van der Waals surface area (Å²) in [7, 11) is 1.57. The van der Waals surface area contributed by atoms with Crippen LogP contribution in [0.15, 0.2) is 48.5 Å². The first-order chi connectivity index (χ1) is 14.8. The third kappa shape index (κ3) is 5.23. The fraction of sp³-hybridized carbons (Fsp3) is 0.375. The van der Waals surface area contributed by atoms with Crippen LogP contribution in [0.1, 0.15) is 32.3 Å². The van der Waals surface area contributed by atoms with Crippen LogP contribution in [0, 0.1) is 12.8 Å². The van der Waals surface area contributed by atoms with Crippen LogP contribution in [0.2, 0.25) is 0 Å². The Morgan fingerprint density at radius 1 is 1.06 bits per heavy atom. The summed E-state index contributed by atoms with van der Waals surface area (Å²) in [5, 5.41) is 2.80.